The summed E-state index contributed by atoms with van der Waals surface area (Å²) < 4.78 is 14.6. The molecule has 0 saturated carbocycles. The fraction of sp³-hybridized carbons (Fsp3) is 0.600. The van der Waals surface area contributed by atoms with Crippen molar-refractivity contribution in [1.82, 2.24) is 0 Å². The van der Waals surface area contributed by atoms with Gasteiger partial charge in [-0.05, 0) is 53.4 Å². The Hall–Kier alpha value is -0.670. The molecule has 5 heteroatoms. The van der Waals surface area contributed by atoms with Gasteiger partial charge in [0.25, 0.3) is 0 Å². The monoisotopic (exact) mass is 302 g/mol. The molecule has 0 spiro atoms. The van der Waals surface area contributed by atoms with Crippen LogP contribution in [0, 0.1) is 0 Å². The summed E-state index contributed by atoms with van der Waals surface area (Å²) in [6, 6.07) is 0. The summed E-state index contributed by atoms with van der Waals surface area (Å²) in [7, 11) is -3.85. The molecule has 0 aromatic rings. The highest BCUT2D eigenvalue weighted by atomic mass is 31.2. The summed E-state index contributed by atoms with van der Waals surface area (Å²) in [4.78, 5) is 9.05. The lowest BCUT2D eigenvalue weighted by Gasteiger charge is -2.04. The maximum Gasteiger partial charge on any atom is 0.358 e. The summed E-state index contributed by atoms with van der Waals surface area (Å²) >= 11 is 0. The van der Waals surface area contributed by atoms with Crippen molar-refractivity contribution in [3.05, 3.63) is 34.9 Å². The molecule has 116 valence electrons. The lowest BCUT2D eigenvalue weighted by atomic mass is 10.1. The third-order valence-corrected chi connectivity index (χ3v) is 3.82. The van der Waals surface area contributed by atoms with Crippen molar-refractivity contribution in [2.45, 2.75) is 53.4 Å². The molecule has 0 aliphatic rings. The fourth-order valence-electron chi connectivity index (χ4n) is 1.64. The van der Waals surface area contributed by atoms with Crippen molar-refractivity contribution in [3.8, 4) is 0 Å². The first-order chi connectivity index (χ1) is 9.26. The molecular weight excluding hydrogens is 275 g/mol. The third-order valence-electron chi connectivity index (χ3n) is 2.92. The summed E-state index contributed by atoms with van der Waals surface area (Å²) in [6.07, 6.45) is 9.82. The molecule has 0 aliphatic carbocycles. The quantitative estimate of drug-likeness (QED) is 0.270. The van der Waals surface area contributed by atoms with E-state index in [1.54, 1.807) is 6.08 Å². The van der Waals surface area contributed by atoms with Gasteiger partial charge in [0.05, 0.1) is 6.16 Å². The van der Waals surface area contributed by atoms with Crippen LogP contribution in [-0.2, 0) is 9.24 Å². The minimum Gasteiger partial charge on any atom is -0.323 e. The van der Waals surface area contributed by atoms with E-state index in [2.05, 4.69) is 37.6 Å². The lowest BCUT2D eigenvalue weighted by Crippen LogP contribution is -1.89. The minimum atomic E-state index is -3.85. The Kier molecular flexibility index (Phi) is 9.78. The van der Waals surface area contributed by atoms with E-state index >= 15 is 0 Å². The van der Waals surface area contributed by atoms with E-state index < -0.39 is 7.60 Å². The average molecular weight is 302 g/mol. The normalized spacial score (nSPS) is 15.9. The van der Waals surface area contributed by atoms with E-state index in [-0.39, 0.29) is 6.16 Å². The molecular formula is C15H27O4P. The number of hydrogen-bond acceptors (Lipinski definition) is 3. The van der Waals surface area contributed by atoms with Crippen LogP contribution >= 0.6 is 7.60 Å². The first kappa shape index (κ1) is 19.3. The highest BCUT2D eigenvalue weighted by Crippen LogP contribution is 2.40. The largest absolute Gasteiger partial charge is 0.358 e. The van der Waals surface area contributed by atoms with Crippen LogP contribution in [0.2, 0.25) is 0 Å². The molecule has 0 saturated heterocycles. The molecule has 0 aromatic carbocycles. The molecule has 1 atom stereocenters. The van der Waals surface area contributed by atoms with Crippen LogP contribution in [0.3, 0.4) is 0 Å². The predicted molar refractivity (Wildman–Crippen MR) is 83.8 cm³/mol. The van der Waals surface area contributed by atoms with Gasteiger partial charge in [-0.2, -0.15) is 4.67 Å². The van der Waals surface area contributed by atoms with E-state index in [1.165, 1.54) is 11.1 Å². The maximum absolute atomic E-state index is 11.1. The van der Waals surface area contributed by atoms with Gasteiger partial charge >= 0.3 is 7.60 Å². The molecule has 0 aromatic heterocycles. The first-order valence-electron chi connectivity index (χ1n) is 6.86. The van der Waals surface area contributed by atoms with Crippen LogP contribution in [0.25, 0.3) is 0 Å². The van der Waals surface area contributed by atoms with Gasteiger partial charge in [-0.25, -0.2) is 5.26 Å². The Bertz CT molecular complexity index is 418. The van der Waals surface area contributed by atoms with Crippen LogP contribution in [-0.4, -0.2) is 16.3 Å². The van der Waals surface area contributed by atoms with Crippen molar-refractivity contribution in [2.24, 2.45) is 0 Å². The van der Waals surface area contributed by atoms with Gasteiger partial charge in [-0.1, -0.05) is 34.9 Å². The van der Waals surface area contributed by atoms with Gasteiger partial charge < -0.3 is 4.89 Å². The fourth-order valence-corrected chi connectivity index (χ4v) is 2.25. The summed E-state index contributed by atoms with van der Waals surface area (Å²) in [5.41, 5.74) is 3.72. The zero-order valence-corrected chi connectivity index (χ0v) is 13.8. The van der Waals surface area contributed by atoms with Crippen LogP contribution in [0.1, 0.15) is 53.4 Å². The van der Waals surface area contributed by atoms with Crippen molar-refractivity contribution >= 4 is 7.60 Å². The zero-order chi connectivity index (χ0) is 15.6. The van der Waals surface area contributed by atoms with Gasteiger partial charge in [-0.3, -0.25) is 4.57 Å². The van der Waals surface area contributed by atoms with Gasteiger partial charge in [0.15, 0.2) is 0 Å². The predicted octanol–water partition coefficient (Wildman–Crippen LogP) is 5.08. The van der Waals surface area contributed by atoms with Gasteiger partial charge in [0.2, 0.25) is 0 Å². The highest BCUT2D eigenvalue weighted by molar-refractivity contribution is 7.52. The SMILES string of the molecule is CC(C)=CCCC(C)=CCCC(C)=CCP(=O)(O)OO. The standard InChI is InChI=1S/C15H27O4P/c1-13(2)7-5-8-14(3)9-6-10-15(4)11-12-20(17,18)19-16/h7,9,11,16H,5-6,8,10,12H2,1-4H3,(H,17,18). The molecule has 0 fully saturated rings. The van der Waals surface area contributed by atoms with Crippen LogP contribution in [0.5, 0.6) is 0 Å². The van der Waals surface area contributed by atoms with Crippen molar-refractivity contribution < 1.29 is 19.4 Å². The Morgan fingerprint density at radius 1 is 1.00 bits per heavy atom. The summed E-state index contributed by atoms with van der Waals surface area (Å²) in [5.74, 6) is 0. The molecule has 1 unspecified atom stereocenters. The average Bonchev–Trinajstić information content (AvgIpc) is 2.36. The Balaban J connectivity index is 4.06. The Morgan fingerprint density at radius 2 is 1.50 bits per heavy atom. The molecule has 0 rings (SSSR count). The van der Waals surface area contributed by atoms with E-state index in [9.17, 15) is 4.57 Å². The molecule has 0 aliphatic heterocycles. The van der Waals surface area contributed by atoms with Crippen LogP contribution in [0.15, 0.2) is 34.9 Å². The molecule has 2 N–H and O–H groups in total. The number of rotatable bonds is 9. The smallest absolute Gasteiger partial charge is 0.323 e. The minimum absolute atomic E-state index is 0.154. The van der Waals surface area contributed by atoms with E-state index in [1.807, 2.05) is 6.92 Å². The Labute approximate surface area is 122 Å². The van der Waals surface area contributed by atoms with E-state index in [0.717, 1.165) is 31.3 Å². The van der Waals surface area contributed by atoms with E-state index in [0.29, 0.717) is 0 Å². The molecule has 0 amide bonds. The van der Waals surface area contributed by atoms with Gasteiger partial charge in [0.1, 0.15) is 0 Å². The zero-order valence-electron chi connectivity index (χ0n) is 12.9. The molecule has 4 nitrogen and oxygen atoms in total. The molecule has 0 bridgehead atoms. The van der Waals surface area contributed by atoms with Crippen LogP contribution in [0.4, 0.5) is 0 Å². The van der Waals surface area contributed by atoms with Crippen molar-refractivity contribution in [2.75, 3.05) is 6.16 Å². The number of hydrogen-bond donors (Lipinski definition) is 2. The molecule has 0 radical (unpaired) electrons. The van der Waals surface area contributed by atoms with Crippen LogP contribution < -0.4 is 0 Å². The lowest BCUT2D eigenvalue weighted by molar-refractivity contribution is -0.145. The van der Waals surface area contributed by atoms with Crippen molar-refractivity contribution in [1.29, 1.82) is 0 Å². The Morgan fingerprint density at radius 3 is 2.00 bits per heavy atom. The van der Waals surface area contributed by atoms with Gasteiger partial charge in [-0.15, -0.1) is 0 Å². The topological polar surface area (TPSA) is 66.8 Å². The second-order valence-corrected chi connectivity index (χ2v) is 7.16. The van der Waals surface area contributed by atoms with Gasteiger partial charge in [0, 0.05) is 0 Å². The summed E-state index contributed by atoms with van der Waals surface area (Å²) in [5, 5.41) is 8.22. The molecule has 0 heterocycles. The van der Waals surface area contributed by atoms with Crippen molar-refractivity contribution in [3.63, 3.8) is 0 Å². The summed E-state index contributed by atoms with van der Waals surface area (Å²) in [6.45, 7) is 8.23. The second-order valence-electron chi connectivity index (χ2n) is 5.36. The molecule has 20 heavy (non-hydrogen) atoms. The third kappa shape index (κ3) is 11.2. The number of allylic oxidation sites excluding steroid dienone is 6. The van der Waals surface area contributed by atoms with E-state index in [4.69, 9.17) is 10.2 Å². The highest BCUT2D eigenvalue weighted by Gasteiger charge is 2.16. The maximum atomic E-state index is 11.1. The second kappa shape index (κ2) is 10.1. The first-order valence-corrected chi connectivity index (χ1v) is 8.62.